The predicted molar refractivity (Wildman–Crippen MR) is 54.1 cm³/mol. The number of hydrogen-bond acceptors (Lipinski definition) is 3. The van der Waals surface area contributed by atoms with Crippen molar-refractivity contribution in [3.63, 3.8) is 0 Å². The topological polar surface area (TPSA) is 43.1 Å². The number of fused-ring (bicyclic) bond motifs is 1. The van der Waals surface area contributed by atoms with E-state index in [0.29, 0.717) is 0 Å². The SMILES string of the molecule is NC([C]=O)c1ccc2c(c1)CSC2. The summed E-state index contributed by atoms with van der Waals surface area (Å²) in [6, 6.07) is 5.41. The maximum atomic E-state index is 10.4. The second kappa shape index (κ2) is 3.52. The second-order valence-corrected chi connectivity index (χ2v) is 4.10. The summed E-state index contributed by atoms with van der Waals surface area (Å²) in [4.78, 5) is 10.4. The summed E-state index contributed by atoms with van der Waals surface area (Å²) in [6.45, 7) is 0. The minimum atomic E-state index is -0.587. The van der Waals surface area contributed by atoms with Crippen molar-refractivity contribution in [2.45, 2.75) is 17.5 Å². The normalized spacial score (nSPS) is 16.7. The highest BCUT2D eigenvalue weighted by Crippen LogP contribution is 2.30. The average molecular weight is 192 g/mol. The molecule has 0 bridgehead atoms. The molecule has 67 valence electrons. The molecule has 2 nitrogen and oxygen atoms in total. The number of carbonyl (C=O) groups excluding carboxylic acids is 1. The largest absolute Gasteiger partial charge is 0.317 e. The highest BCUT2D eigenvalue weighted by Gasteiger charge is 2.13. The first kappa shape index (κ1) is 8.78. The van der Waals surface area contributed by atoms with E-state index in [1.54, 1.807) is 6.29 Å². The molecule has 2 N–H and O–H groups in total. The van der Waals surface area contributed by atoms with Crippen molar-refractivity contribution in [1.29, 1.82) is 0 Å². The van der Waals surface area contributed by atoms with Gasteiger partial charge in [-0.1, -0.05) is 18.2 Å². The van der Waals surface area contributed by atoms with Gasteiger partial charge in [0.1, 0.15) is 0 Å². The van der Waals surface area contributed by atoms with Crippen LogP contribution in [0.5, 0.6) is 0 Å². The van der Waals surface area contributed by atoms with Gasteiger partial charge in [0.05, 0.1) is 6.04 Å². The average Bonchev–Trinajstić information content (AvgIpc) is 2.63. The van der Waals surface area contributed by atoms with E-state index < -0.39 is 6.04 Å². The quantitative estimate of drug-likeness (QED) is 0.773. The van der Waals surface area contributed by atoms with Crippen LogP contribution in [0.4, 0.5) is 0 Å². The molecule has 3 heteroatoms. The molecule has 1 atom stereocenters. The van der Waals surface area contributed by atoms with Crippen molar-refractivity contribution in [2.75, 3.05) is 0 Å². The summed E-state index contributed by atoms with van der Waals surface area (Å²) in [5.74, 6) is 2.12. The first-order valence-corrected chi connectivity index (χ1v) is 5.29. The van der Waals surface area contributed by atoms with Crippen LogP contribution in [0, 0.1) is 0 Å². The van der Waals surface area contributed by atoms with Gasteiger partial charge in [-0.2, -0.15) is 11.8 Å². The molecule has 0 spiro atoms. The molecule has 0 saturated heterocycles. The summed E-state index contributed by atoms with van der Waals surface area (Å²) in [6.07, 6.45) is 1.79. The van der Waals surface area contributed by atoms with E-state index in [0.717, 1.165) is 17.1 Å². The number of benzene rings is 1. The number of rotatable bonds is 2. The first-order chi connectivity index (χ1) is 6.31. The van der Waals surface area contributed by atoms with Crippen molar-refractivity contribution in [2.24, 2.45) is 5.73 Å². The Bertz CT molecular complexity index is 338. The lowest BCUT2D eigenvalue weighted by molar-refractivity contribution is 0.544. The van der Waals surface area contributed by atoms with Gasteiger partial charge < -0.3 is 5.73 Å². The molecular weight excluding hydrogens is 182 g/mol. The van der Waals surface area contributed by atoms with Gasteiger partial charge in [0.25, 0.3) is 0 Å². The van der Waals surface area contributed by atoms with Crippen molar-refractivity contribution in [3.8, 4) is 0 Å². The lowest BCUT2D eigenvalue weighted by Gasteiger charge is -2.05. The second-order valence-electron chi connectivity index (χ2n) is 3.12. The Morgan fingerprint density at radius 3 is 2.92 bits per heavy atom. The van der Waals surface area contributed by atoms with Gasteiger partial charge in [-0.25, -0.2) is 0 Å². The summed E-state index contributed by atoms with van der Waals surface area (Å²) < 4.78 is 0. The minimum absolute atomic E-state index is 0.587. The van der Waals surface area contributed by atoms with Crippen LogP contribution in [-0.2, 0) is 16.3 Å². The number of hydrogen-bond donors (Lipinski definition) is 1. The summed E-state index contributed by atoms with van der Waals surface area (Å²) in [7, 11) is 0. The molecule has 1 aliphatic rings. The lowest BCUT2D eigenvalue weighted by atomic mass is 10.0. The fourth-order valence-corrected chi connectivity index (χ4v) is 2.55. The van der Waals surface area contributed by atoms with Crippen molar-refractivity contribution in [3.05, 3.63) is 34.9 Å². The molecule has 1 aromatic rings. The van der Waals surface area contributed by atoms with Crippen molar-refractivity contribution >= 4 is 18.0 Å². The molecule has 0 fully saturated rings. The third-order valence-corrected chi connectivity index (χ3v) is 3.26. The molecule has 0 saturated carbocycles. The monoisotopic (exact) mass is 192 g/mol. The van der Waals surface area contributed by atoms with E-state index in [-0.39, 0.29) is 0 Å². The van der Waals surface area contributed by atoms with Gasteiger partial charge in [0.2, 0.25) is 6.29 Å². The summed E-state index contributed by atoms with van der Waals surface area (Å²) in [5, 5.41) is 0. The molecule has 13 heavy (non-hydrogen) atoms. The van der Waals surface area contributed by atoms with Gasteiger partial charge in [-0.05, 0) is 16.7 Å². The minimum Gasteiger partial charge on any atom is -0.317 e. The van der Waals surface area contributed by atoms with E-state index >= 15 is 0 Å². The summed E-state index contributed by atoms with van der Waals surface area (Å²) in [5.41, 5.74) is 9.11. The zero-order chi connectivity index (χ0) is 9.26. The molecule has 0 aromatic heterocycles. The number of thioether (sulfide) groups is 1. The standard InChI is InChI=1S/C10H10NOS/c11-10(4-12)7-1-2-8-5-13-6-9(8)3-7/h1-3,10H,5-6,11H2. The van der Waals surface area contributed by atoms with Crippen molar-refractivity contribution in [1.82, 2.24) is 0 Å². The van der Waals surface area contributed by atoms with Crippen LogP contribution in [0.15, 0.2) is 18.2 Å². The van der Waals surface area contributed by atoms with E-state index in [9.17, 15) is 4.79 Å². The van der Waals surface area contributed by atoms with Gasteiger partial charge in [-0.15, -0.1) is 0 Å². The van der Waals surface area contributed by atoms with Crippen LogP contribution >= 0.6 is 11.8 Å². The van der Waals surface area contributed by atoms with Crippen LogP contribution in [-0.4, -0.2) is 6.29 Å². The zero-order valence-corrected chi connectivity index (χ0v) is 7.93. The Morgan fingerprint density at radius 2 is 2.15 bits per heavy atom. The molecule has 1 aromatic carbocycles. The molecule has 0 aliphatic carbocycles. The van der Waals surface area contributed by atoms with Crippen molar-refractivity contribution < 1.29 is 4.79 Å². The Morgan fingerprint density at radius 1 is 1.38 bits per heavy atom. The molecule has 1 aliphatic heterocycles. The van der Waals surface area contributed by atoms with Gasteiger partial charge in [-0.3, -0.25) is 4.79 Å². The lowest BCUT2D eigenvalue weighted by Crippen LogP contribution is -2.11. The highest BCUT2D eigenvalue weighted by atomic mass is 32.2. The van der Waals surface area contributed by atoms with E-state index in [4.69, 9.17) is 5.73 Å². The molecule has 2 rings (SSSR count). The molecule has 1 unspecified atom stereocenters. The first-order valence-electron chi connectivity index (χ1n) is 4.14. The maximum absolute atomic E-state index is 10.4. The van der Waals surface area contributed by atoms with Crippen LogP contribution in [0.25, 0.3) is 0 Å². The molecule has 1 heterocycles. The van der Waals surface area contributed by atoms with Crippen LogP contribution in [0.3, 0.4) is 0 Å². The van der Waals surface area contributed by atoms with Crippen LogP contribution in [0.1, 0.15) is 22.7 Å². The fourth-order valence-electron chi connectivity index (χ4n) is 1.45. The molecule has 1 radical (unpaired) electrons. The van der Waals surface area contributed by atoms with Gasteiger partial charge in [0.15, 0.2) is 0 Å². The predicted octanol–water partition coefficient (Wildman–Crippen LogP) is 1.54. The molecule has 0 amide bonds. The van der Waals surface area contributed by atoms with Gasteiger partial charge in [0, 0.05) is 11.5 Å². The van der Waals surface area contributed by atoms with Crippen LogP contribution in [0.2, 0.25) is 0 Å². The Balaban J connectivity index is 2.35. The zero-order valence-electron chi connectivity index (χ0n) is 7.12. The highest BCUT2D eigenvalue weighted by molar-refractivity contribution is 7.98. The molecular formula is C10H10NOS. The van der Waals surface area contributed by atoms with E-state index in [1.807, 2.05) is 23.9 Å². The Kier molecular flexibility index (Phi) is 2.38. The maximum Gasteiger partial charge on any atom is 0.221 e. The van der Waals surface area contributed by atoms with Gasteiger partial charge >= 0.3 is 0 Å². The number of nitrogens with two attached hydrogens (primary N) is 1. The fraction of sp³-hybridized carbons (Fsp3) is 0.300. The Labute approximate surface area is 81.5 Å². The smallest absolute Gasteiger partial charge is 0.221 e. The summed E-state index contributed by atoms with van der Waals surface area (Å²) >= 11 is 1.89. The Hall–Kier alpha value is -0.800. The van der Waals surface area contributed by atoms with E-state index in [2.05, 4.69) is 6.07 Å². The third-order valence-electron chi connectivity index (χ3n) is 2.23. The van der Waals surface area contributed by atoms with Crippen LogP contribution < -0.4 is 5.73 Å². The third kappa shape index (κ3) is 1.62. The van der Waals surface area contributed by atoms with E-state index in [1.165, 1.54) is 11.1 Å².